The average Bonchev–Trinajstić information content (AvgIpc) is 2.90. The van der Waals surface area contributed by atoms with Crippen molar-refractivity contribution in [2.45, 2.75) is 32.6 Å². The van der Waals surface area contributed by atoms with Gasteiger partial charge in [0.1, 0.15) is 0 Å². The summed E-state index contributed by atoms with van der Waals surface area (Å²) in [6.07, 6.45) is 3.07. The number of rotatable bonds is 8. The Balaban J connectivity index is 0.00000441. The van der Waals surface area contributed by atoms with Gasteiger partial charge in [-0.3, -0.25) is 9.79 Å². The SMILES string of the molecule is CN=C(NCCCCC(=O)OC)NCCc1csc(C)n1.I. The molecule has 0 aliphatic rings. The van der Waals surface area contributed by atoms with Gasteiger partial charge < -0.3 is 15.4 Å². The molecule has 0 spiro atoms. The first-order valence-corrected chi connectivity index (χ1v) is 7.96. The van der Waals surface area contributed by atoms with Gasteiger partial charge in [-0.25, -0.2) is 4.98 Å². The van der Waals surface area contributed by atoms with Crippen molar-refractivity contribution in [3.63, 3.8) is 0 Å². The summed E-state index contributed by atoms with van der Waals surface area (Å²) in [5.41, 5.74) is 1.11. The van der Waals surface area contributed by atoms with E-state index in [9.17, 15) is 4.79 Å². The topological polar surface area (TPSA) is 75.6 Å². The number of nitrogens with zero attached hydrogens (tertiary/aromatic N) is 2. The van der Waals surface area contributed by atoms with Crippen molar-refractivity contribution in [3.8, 4) is 0 Å². The normalized spacial score (nSPS) is 10.8. The lowest BCUT2D eigenvalue weighted by Crippen LogP contribution is -2.38. The van der Waals surface area contributed by atoms with Crippen LogP contribution in [0.25, 0.3) is 0 Å². The quantitative estimate of drug-likeness (QED) is 0.213. The van der Waals surface area contributed by atoms with Crippen LogP contribution >= 0.6 is 35.3 Å². The van der Waals surface area contributed by atoms with E-state index in [4.69, 9.17) is 0 Å². The molecule has 0 amide bonds. The molecule has 126 valence electrons. The number of esters is 1. The largest absolute Gasteiger partial charge is 0.469 e. The minimum Gasteiger partial charge on any atom is -0.469 e. The van der Waals surface area contributed by atoms with Crippen LogP contribution in [0.15, 0.2) is 10.4 Å². The fraction of sp³-hybridized carbons (Fsp3) is 0.643. The Hall–Kier alpha value is -0.900. The van der Waals surface area contributed by atoms with E-state index < -0.39 is 0 Å². The van der Waals surface area contributed by atoms with E-state index in [-0.39, 0.29) is 29.9 Å². The number of aryl methyl sites for hydroxylation is 1. The second-order valence-corrected chi connectivity index (χ2v) is 5.63. The molecule has 0 bridgehead atoms. The highest BCUT2D eigenvalue weighted by Gasteiger charge is 2.02. The molecule has 2 N–H and O–H groups in total. The Bertz CT molecular complexity index is 465. The fourth-order valence-electron chi connectivity index (χ4n) is 1.76. The molecule has 22 heavy (non-hydrogen) atoms. The van der Waals surface area contributed by atoms with Crippen molar-refractivity contribution in [3.05, 3.63) is 16.1 Å². The van der Waals surface area contributed by atoms with Gasteiger partial charge in [0.15, 0.2) is 5.96 Å². The van der Waals surface area contributed by atoms with Gasteiger partial charge in [0.2, 0.25) is 0 Å². The molecule has 0 aliphatic carbocycles. The zero-order chi connectivity index (χ0) is 15.5. The van der Waals surface area contributed by atoms with Crippen LogP contribution < -0.4 is 10.6 Å². The van der Waals surface area contributed by atoms with E-state index in [2.05, 4.69) is 30.7 Å². The first kappa shape index (κ1) is 21.1. The zero-order valence-electron chi connectivity index (χ0n) is 13.3. The number of hydrogen-bond donors (Lipinski definition) is 2. The molecular weight excluding hydrogens is 415 g/mol. The molecular formula is C14H25IN4O2S. The van der Waals surface area contributed by atoms with E-state index >= 15 is 0 Å². The smallest absolute Gasteiger partial charge is 0.305 e. The highest BCUT2D eigenvalue weighted by Crippen LogP contribution is 2.07. The lowest BCUT2D eigenvalue weighted by atomic mass is 10.2. The van der Waals surface area contributed by atoms with Gasteiger partial charge in [0.05, 0.1) is 17.8 Å². The molecule has 0 fully saturated rings. The molecule has 0 radical (unpaired) electrons. The molecule has 8 heteroatoms. The van der Waals surface area contributed by atoms with Crippen LogP contribution in [0.1, 0.15) is 30.0 Å². The number of unbranched alkanes of at least 4 members (excludes halogenated alkanes) is 1. The van der Waals surface area contributed by atoms with E-state index in [1.54, 1.807) is 18.4 Å². The van der Waals surface area contributed by atoms with Crippen LogP contribution in [0.3, 0.4) is 0 Å². The molecule has 6 nitrogen and oxygen atoms in total. The van der Waals surface area contributed by atoms with Crippen LogP contribution in [-0.2, 0) is 16.0 Å². The van der Waals surface area contributed by atoms with Gasteiger partial charge in [-0.15, -0.1) is 35.3 Å². The Morgan fingerprint density at radius 2 is 2.09 bits per heavy atom. The number of halogens is 1. The third-order valence-electron chi connectivity index (χ3n) is 2.89. The van der Waals surface area contributed by atoms with E-state index in [1.807, 2.05) is 6.92 Å². The predicted molar refractivity (Wildman–Crippen MR) is 101 cm³/mol. The molecule has 1 heterocycles. The maximum absolute atomic E-state index is 11.0. The first-order valence-electron chi connectivity index (χ1n) is 7.08. The molecule has 0 unspecified atom stereocenters. The second kappa shape index (κ2) is 12.6. The van der Waals surface area contributed by atoms with E-state index in [0.717, 1.165) is 49.0 Å². The van der Waals surface area contributed by atoms with Crippen molar-refractivity contribution in [1.82, 2.24) is 15.6 Å². The fourth-order valence-corrected chi connectivity index (χ4v) is 2.40. The number of aliphatic imine (C=N–C) groups is 1. The van der Waals surface area contributed by atoms with Crippen molar-refractivity contribution in [2.24, 2.45) is 4.99 Å². The van der Waals surface area contributed by atoms with E-state index in [0.29, 0.717) is 6.42 Å². The van der Waals surface area contributed by atoms with Crippen LogP contribution in [0.5, 0.6) is 0 Å². The summed E-state index contributed by atoms with van der Waals surface area (Å²) in [6, 6.07) is 0. The van der Waals surface area contributed by atoms with Crippen molar-refractivity contribution >= 4 is 47.2 Å². The summed E-state index contributed by atoms with van der Waals surface area (Å²) in [4.78, 5) is 19.5. The summed E-state index contributed by atoms with van der Waals surface area (Å²) >= 11 is 1.67. The number of methoxy groups -OCH3 is 1. The maximum Gasteiger partial charge on any atom is 0.305 e. The third-order valence-corrected chi connectivity index (χ3v) is 3.71. The molecule has 1 rings (SSSR count). The summed E-state index contributed by atoms with van der Waals surface area (Å²) < 4.78 is 4.60. The lowest BCUT2D eigenvalue weighted by Gasteiger charge is -2.11. The minimum absolute atomic E-state index is 0. The highest BCUT2D eigenvalue weighted by atomic mass is 127. The van der Waals surface area contributed by atoms with Gasteiger partial charge >= 0.3 is 5.97 Å². The molecule has 1 aromatic heterocycles. The number of hydrogen-bond acceptors (Lipinski definition) is 5. The number of carbonyl (C=O) groups is 1. The van der Waals surface area contributed by atoms with Crippen molar-refractivity contribution in [1.29, 1.82) is 0 Å². The summed E-state index contributed by atoms with van der Waals surface area (Å²) in [6.45, 7) is 3.59. The van der Waals surface area contributed by atoms with Gasteiger partial charge in [-0.2, -0.15) is 0 Å². The number of carbonyl (C=O) groups excluding carboxylic acids is 1. The first-order chi connectivity index (χ1) is 10.2. The number of ether oxygens (including phenoxy) is 1. The van der Waals surface area contributed by atoms with Gasteiger partial charge in [0, 0.05) is 38.4 Å². The Morgan fingerprint density at radius 1 is 1.36 bits per heavy atom. The second-order valence-electron chi connectivity index (χ2n) is 4.57. The molecule has 0 aromatic carbocycles. The predicted octanol–water partition coefficient (Wildman–Crippen LogP) is 2.12. The Morgan fingerprint density at radius 3 is 2.68 bits per heavy atom. The molecule has 0 saturated heterocycles. The number of nitrogens with one attached hydrogen (secondary N) is 2. The van der Waals surface area contributed by atoms with Crippen LogP contribution in [0.4, 0.5) is 0 Å². The van der Waals surface area contributed by atoms with Gasteiger partial charge in [-0.1, -0.05) is 0 Å². The standard InChI is InChI=1S/C14H24N4O2S.HI/c1-11-18-12(10-21-11)7-9-17-14(15-2)16-8-5-4-6-13(19)20-3;/h10H,4-9H2,1-3H3,(H2,15,16,17);1H. The maximum atomic E-state index is 11.0. The third kappa shape index (κ3) is 9.19. The van der Waals surface area contributed by atoms with Crippen molar-refractivity contribution in [2.75, 3.05) is 27.2 Å². The molecule has 0 aliphatic heterocycles. The van der Waals surface area contributed by atoms with Crippen LogP contribution in [-0.4, -0.2) is 44.2 Å². The molecule has 0 saturated carbocycles. The Kier molecular flexibility index (Phi) is 12.1. The molecule has 1 aromatic rings. The van der Waals surface area contributed by atoms with Crippen molar-refractivity contribution < 1.29 is 9.53 Å². The lowest BCUT2D eigenvalue weighted by molar-refractivity contribution is -0.140. The molecule has 0 atom stereocenters. The minimum atomic E-state index is -0.156. The van der Waals surface area contributed by atoms with Crippen LogP contribution in [0.2, 0.25) is 0 Å². The summed E-state index contributed by atoms with van der Waals surface area (Å²) in [5.74, 6) is 0.621. The number of thiazole rings is 1. The summed E-state index contributed by atoms with van der Waals surface area (Å²) in [7, 11) is 3.16. The van der Waals surface area contributed by atoms with Gasteiger partial charge in [-0.05, 0) is 19.8 Å². The number of guanidine groups is 1. The summed E-state index contributed by atoms with van der Waals surface area (Å²) in [5, 5.41) is 9.65. The van der Waals surface area contributed by atoms with E-state index in [1.165, 1.54) is 7.11 Å². The zero-order valence-corrected chi connectivity index (χ0v) is 16.5. The number of aromatic nitrogens is 1. The monoisotopic (exact) mass is 440 g/mol. The average molecular weight is 440 g/mol. The Labute approximate surface area is 153 Å². The van der Waals surface area contributed by atoms with Gasteiger partial charge in [0.25, 0.3) is 0 Å². The van der Waals surface area contributed by atoms with Crippen LogP contribution in [0, 0.1) is 6.92 Å². The highest BCUT2D eigenvalue weighted by molar-refractivity contribution is 14.0.